The molecule has 0 unspecified atom stereocenters. The summed E-state index contributed by atoms with van der Waals surface area (Å²) in [5.74, 6) is 0.432. The Kier molecular flexibility index (Phi) is 5.87. The molecule has 0 fully saturated rings. The zero-order valence-electron chi connectivity index (χ0n) is 14.4. The molecule has 0 aliphatic carbocycles. The van der Waals surface area contributed by atoms with Gasteiger partial charge in [-0.15, -0.1) is 11.3 Å². The smallest absolute Gasteiger partial charge is 0.273 e. The van der Waals surface area contributed by atoms with E-state index in [1.807, 2.05) is 12.1 Å². The molecule has 0 aliphatic rings. The van der Waals surface area contributed by atoms with E-state index in [0.29, 0.717) is 27.0 Å². The summed E-state index contributed by atoms with van der Waals surface area (Å²) in [4.78, 5) is 13.2. The summed E-state index contributed by atoms with van der Waals surface area (Å²) in [6.07, 6.45) is 1.56. The maximum atomic E-state index is 13.2. The van der Waals surface area contributed by atoms with Gasteiger partial charge in [0.05, 0.1) is 17.3 Å². The molecule has 8 heteroatoms. The first-order valence-electron chi connectivity index (χ1n) is 7.87. The van der Waals surface area contributed by atoms with Crippen molar-refractivity contribution in [3.63, 3.8) is 0 Å². The number of benzene rings is 2. The van der Waals surface area contributed by atoms with Crippen LogP contribution in [0.2, 0.25) is 10.0 Å². The van der Waals surface area contributed by atoms with Gasteiger partial charge in [-0.3, -0.25) is 9.36 Å². The molecule has 28 heavy (non-hydrogen) atoms. The number of aromatic nitrogens is 1. The summed E-state index contributed by atoms with van der Waals surface area (Å²) in [6.45, 7) is 0. The quantitative estimate of drug-likeness (QED) is 0.642. The Morgan fingerprint density at radius 1 is 1.11 bits per heavy atom. The number of halogens is 2. The number of nitriles is 2. The average Bonchev–Trinajstić information content (AvgIpc) is 3.01. The monoisotopic (exact) mass is 427 g/mol. The van der Waals surface area contributed by atoms with Gasteiger partial charge in [-0.1, -0.05) is 41.4 Å². The molecule has 138 valence electrons. The molecule has 0 atom stereocenters. The molecule has 2 aromatic carbocycles. The minimum atomic E-state index is -0.413. The molecule has 5 nitrogen and oxygen atoms in total. The van der Waals surface area contributed by atoms with Crippen molar-refractivity contribution in [1.82, 2.24) is 4.57 Å². The number of rotatable bonds is 3. The lowest BCUT2D eigenvalue weighted by molar-refractivity contribution is 0.412. The lowest BCUT2D eigenvalue weighted by atomic mass is 10.2. The molecule has 0 saturated heterocycles. The van der Waals surface area contributed by atoms with Crippen molar-refractivity contribution in [3.8, 4) is 23.6 Å². The molecule has 3 rings (SSSR count). The Hall–Kier alpha value is -3.03. The highest BCUT2D eigenvalue weighted by molar-refractivity contribution is 7.07. The minimum Gasteiger partial charge on any atom is -0.495 e. The fraction of sp³-hybridized carbons (Fsp3) is 0.0500. The van der Waals surface area contributed by atoms with Crippen molar-refractivity contribution >= 4 is 46.2 Å². The van der Waals surface area contributed by atoms with E-state index in [9.17, 15) is 15.3 Å². The zero-order chi connectivity index (χ0) is 20.3. The van der Waals surface area contributed by atoms with Crippen LogP contribution in [0.5, 0.6) is 5.75 Å². The first kappa shape index (κ1) is 19.7. The Morgan fingerprint density at radius 2 is 1.75 bits per heavy atom. The molecule has 0 radical (unpaired) electrons. The van der Waals surface area contributed by atoms with Crippen LogP contribution in [0.4, 0.5) is 0 Å². The molecule has 0 amide bonds. The number of thiazole rings is 1. The van der Waals surface area contributed by atoms with Crippen LogP contribution in [-0.4, -0.2) is 11.7 Å². The number of hydrogen-bond donors (Lipinski definition) is 0. The maximum Gasteiger partial charge on any atom is 0.273 e. The standard InChI is InChI=1S/C20H11Cl2N3O2S/c1-27-17-8-3-2-7-16(17)25-19(26)18(28-20(25)12(10-23)11-24)9-13-14(21)5-4-6-15(13)22/h2-9H,1H3/b18-9+. The van der Waals surface area contributed by atoms with Crippen molar-refractivity contribution in [3.05, 3.63) is 77.6 Å². The zero-order valence-corrected chi connectivity index (χ0v) is 16.8. The van der Waals surface area contributed by atoms with Gasteiger partial charge in [0.15, 0.2) is 5.57 Å². The third kappa shape index (κ3) is 3.54. The van der Waals surface area contributed by atoms with E-state index in [2.05, 4.69) is 0 Å². The van der Waals surface area contributed by atoms with Crippen molar-refractivity contribution in [2.45, 2.75) is 0 Å². The fourth-order valence-corrected chi connectivity index (χ4v) is 4.12. The van der Waals surface area contributed by atoms with Gasteiger partial charge < -0.3 is 4.74 Å². The maximum absolute atomic E-state index is 13.2. The topological polar surface area (TPSA) is 78.8 Å². The van der Waals surface area contributed by atoms with Gasteiger partial charge in [-0.05, 0) is 30.3 Å². The van der Waals surface area contributed by atoms with Crippen LogP contribution in [0.15, 0.2) is 47.3 Å². The molecule has 3 aromatic rings. The third-order valence-electron chi connectivity index (χ3n) is 3.86. The number of ether oxygens (including phenoxy) is 1. The second kappa shape index (κ2) is 8.33. The van der Waals surface area contributed by atoms with Crippen molar-refractivity contribution in [2.24, 2.45) is 0 Å². The summed E-state index contributed by atoms with van der Waals surface area (Å²) in [6, 6.07) is 15.6. The van der Waals surface area contributed by atoms with E-state index >= 15 is 0 Å². The van der Waals surface area contributed by atoms with Crippen molar-refractivity contribution in [2.75, 3.05) is 7.11 Å². The first-order valence-corrected chi connectivity index (χ1v) is 9.44. The summed E-state index contributed by atoms with van der Waals surface area (Å²) in [7, 11) is 1.48. The van der Waals surface area contributed by atoms with Crippen molar-refractivity contribution < 1.29 is 4.74 Å². The predicted octanol–water partition coefficient (Wildman–Crippen LogP) is 3.24. The highest BCUT2D eigenvalue weighted by Gasteiger charge is 2.15. The van der Waals surface area contributed by atoms with E-state index in [1.54, 1.807) is 48.5 Å². The molecule has 0 N–H and O–H groups in total. The van der Waals surface area contributed by atoms with E-state index in [-0.39, 0.29) is 14.8 Å². The van der Waals surface area contributed by atoms with Crippen LogP contribution in [0.1, 0.15) is 5.56 Å². The molecule has 0 spiro atoms. The molecular weight excluding hydrogens is 417 g/mol. The fourth-order valence-electron chi connectivity index (χ4n) is 2.58. The lowest BCUT2D eigenvalue weighted by Crippen LogP contribution is -2.31. The summed E-state index contributed by atoms with van der Waals surface area (Å²) in [5, 5.41) is 19.5. The van der Waals surface area contributed by atoms with Crippen LogP contribution in [0.3, 0.4) is 0 Å². The second-order valence-corrected chi connectivity index (χ2v) is 7.31. The average molecular weight is 428 g/mol. The summed E-state index contributed by atoms with van der Waals surface area (Å²) >= 11 is 13.4. The van der Waals surface area contributed by atoms with Crippen LogP contribution < -0.4 is 19.5 Å². The number of para-hydroxylation sites is 2. The number of nitrogens with zero attached hydrogens (tertiary/aromatic N) is 3. The minimum absolute atomic E-state index is 0.182. The molecule has 0 bridgehead atoms. The summed E-state index contributed by atoms with van der Waals surface area (Å²) < 4.78 is 7.11. The van der Waals surface area contributed by atoms with E-state index in [4.69, 9.17) is 27.9 Å². The largest absolute Gasteiger partial charge is 0.495 e. The van der Waals surface area contributed by atoms with Crippen LogP contribution in [0, 0.1) is 22.7 Å². The number of hydrogen-bond acceptors (Lipinski definition) is 5. The number of methoxy groups -OCH3 is 1. The van der Waals surface area contributed by atoms with Crippen molar-refractivity contribution in [1.29, 1.82) is 10.5 Å². The molecule has 1 aromatic heterocycles. The Balaban J connectivity index is 2.48. The van der Waals surface area contributed by atoms with E-state index < -0.39 is 5.56 Å². The van der Waals surface area contributed by atoms with Crippen LogP contribution in [-0.2, 0) is 0 Å². The van der Waals surface area contributed by atoms with Gasteiger partial charge in [0.1, 0.15) is 22.6 Å². The predicted molar refractivity (Wildman–Crippen MR) is 110 cm³/mol. The van der Waals surface area contributed by atoms with Gasteiger partial charge in [0.25, 0.3) is 5.56 Å². The van der Waals surface area contributed by atoms with Gasteiger partial charge in [0, 0.05) is 15.6 Å². The first-order chi connectivity index (χ1) is 13.5. The van der Waals surface area contributed by atoms with E-state index in [0.717, 1.165) is 11.3 Å². The van der Waals surface area contributed by atoms with Gasteiger partial charge in [-0.2, -0.15) is 10.5 Å². The molecule has 0 saturated carbocycles. The third-order valence-corrected chi connectivity index (χ3v) is 5.61. The van der Waals surface area contributed by atoms with Crippen LogP contribution in [0.25, 0.3) is 17.3 Å². The van der Waals surface area contributed by atoms with Gasteiger partial charge >= 0.3 is 0 Å². The highest BCUT2D eigenvalue weighted by Crippen LogP contribution is 2.25. The molecule has 0 aliphatic heterocycles. The second-order valence-electron chi connectivity index (χ2n) is 5.46. The van der Waals surface area contributed by atoms with Gasteiger partial charge in [-0.25, -0.2) is 0 Å². The van der Waals surface area contributed by atoms with Gasteiger partial charge in [0.2, 0.25) is 0 Å². The molecule has 1 heterocycles. The lowest BCUT2D eigenvalue weighted by Gasteiger charge is -2.08. The normalized spacial score (nSPS) is 11.0. The Labute approximate surface area is 174 Å². The summed E-state index contributed by atoms with van der Waals surface area (Å²) in [5.41, 5.74) is 0.314. The Morgan fingerprint density at radius 3 is 2.36 bits per heavy atom. The molecular formula is C20H11Cl2N3O2S. The Bertz CT molecular complexity index is 1290. The van der Waals surface area contributed by atoms with E-state index in [1.165, 1.54) is 11.7 Å². The van der Waals surface area contributed by atoms with Crippen LogP contribution >= 0.6 is 34.5 Å². The highest BCUT2D eigenvalue weighted by atomic mass is 35.5. The SMILES string of the molecule is COc1ccccc1-n1c(=C(C#N)C#N)s/c(=C/c2c(Cl)cccc2Cl)c1=O.